The molecule has 1 aliphatic rings. The van der Waals surface area contributed by atoms with Crippen molar-refractivity contribution in [3.63, 3.8) is 0 Å². The number of aliphatic hydroxyl groups excluding tert-OH is 1. The molecule has 3 aromatic rings. The summed E-state index contributed by atoms with van der Waals surface area (Å²) in [6.45, 7) is 5.71. The predicted octanol–water partition coefficient (Wildman–Crippen LogP) is 3.16. The van der Waals surface area contributed by atoms with Crippen molar-refractivity contribution in [3.8, 4) is 11.5 Å². The van der Waals surface area contributed by atoms with Crippen LogP contribution in [-0.4, -0.2) is 27.9 Å². The molecular formula is C19H20N2O3. The summed E-state index contributed by atoms with van der Waals surface area (Å²) in [5.74, 6) is 1.43. The number of benzene rings is 2. The molecule has 0 bridgehead atoms. The first-order valence-electron chi connectivity index (χ1n) is 8.11. The van der Waals surface area contributed by atoms with Crippen molar-refractivity contribution in [2.45, 2.75) is 26.5 Å². The highest BCUT2D eigenvalue weighted by Crippen LogP contribution is 2.33. The molecule has 1 aliphatic heterocycles. The molecule has 0 unspecified atom stereocenters. The lowest BCUT2D eigenvalue weighted by atomic mass is 10.1. The van der Waals surface area contributed by atoms with Gasteiger partial charge in [-0.3, -0.25) is 0 Å². The summed E-state index contributed by atoms with van der Waals surface area (Å²) in [5, 5.41) is 10.6. The fourth-order valence-electron chi connectivity index (χ4n) is 3.02. The Bertz CT molecular complexity index is 901. The Labute approximate surface area is 140 Å². The van der Waals surface area contributed by atoms with E-state index < -0.39 is 6.10 Å². The maximum Gasteiger partial charge on any atom is 0.161 e. The van der Waals surface area contributed by atoms with Crippen molar-refractivity contribution in [2.75, 3.05) is 13.2 Å². The smallest absolute Gasteiger partial charge is 0.161 e. The fourth-order valence-corrected chi connectivity index (χ4v) is 3.02. The summed E-state index contributed by atoms with van der Waals surface area (Å²) in [5.41, 5.74) is 5.24. The Balaban J connectivity index is 1.62. The SMILES string of the molecule is Cc1cc2ncn(C[C@@H](O)c3ccc4c(c3)OCCO4)c2cc1C. The van der Waals surface area contributed by atoms with Crippen LogP contribution in [0.25, 0.3) is 11.0 Å². The first-order chi connectivity index (χ1) is 11.6. The van der Waals surface area contributed by atoms with Gasteiger partial charge in [0, 0.05) is 0 Å². The van der Waals surface area contributed by atoms with Crippen molar-refractivity contribution in [1.29, 1.82) is 0 Å². The summed E-state index contributed by atoms with van der Waals surface area (Å²) < 4.78 is 13.1. The fraction of sp³-hybridized carbons (Fsp3) is 0.316. The summed E-state index contributed by atoms with van der Waals surface area (Å²) >= 11 is 0. The quantitative estimate of drug-likeness (QED) is 0.804. The van der Waals surface area contributed by atoms with Gasteiger partial charge in [-0.15, -0.1) is 0 Å². The zero-order valence-electron chi connectivity index (χ0n) is 13.8. The molecule has 4 rings (SSSR count). The van der Waals surface area contributed by atoms with Crippen molar-refractivity contribution in [2.24, 2.45) is 0 Å². The Kier molecular flexibility index (Phi) is 3.65. The monoisotopic (exact) mass is 324 g/mol. The lowest BCUT2D eigenvalue weighted by Gasteiger charge is -2.20. The Hall–Kier alpha value is -2.53. The highest BCUT2D eigenvalue weighted by molar-refractivity contribution is 5.77. The van der Waals surface area contributed by atoms with Gasteiger partial charge in [0.2, 0.25) is 0 Å². The molecule has 2 aromatic carbocycles. The molecule has 0 fully saturated rings. The van der Waals surface area contributed by atoms with E-state index in [1.54, 1.807) is 6.33 Å². The largest absolute Gasteiger partial charge is 0.486 e. The summed E-state index contributed by atoms with van der Waals surface area (Å²) in [7, 11) is 0. The molecule has 0 spiro atoms. The van der Waals surface area contributed by atoms with Crippen LogP contribution in [0.5, 0.6) is 11.5 Å². The number of hydrogen-bond acceptors (Lipinski definition) is 4. The molecule has 1 atom stereocenters. The molecule has 0 saturated carbocycles. The first kappa shape index (κ1) is 15.0. The van der Waals surface area contributed by atoms with E-state index in [4.69, 9.17) is 9.47 Å². The second kappa shape index (κ2) is 5.83. The van der Waals surface area contributed by atoms with Crippen LogP contribution in [0.2, 0.25) is 0 Å². The molecule has 24 heavy (non-hydrogen) atoms. The molecule has 0 aliphatic carbocycles. The van der Waals surface area contributed by atoms with E-state index in [9.17, 15) is 5.11 Å². The van der Waals surface area contributed by atoms with Crippen LogP contribution in [-0.2, 0) is 6.54 Å². The topological polar surface area (TPSA) is 56.5 Å². The third-order valence-corrected chi connectivity index (χ3v) is 4.56. The van der Waals surface area contributed by atoms with Crippen LogP contribution >= 0.6 is 0 Å². The molecule has 124 valence electrons. The van der Waals surface area contributed by atoms with E-state index in [0.717, 1.165) is 22.3 Å². The van der Waals surface area contributed by atoms with Crippen molar-refractivity contribution < 1.29 is 14.6 Å². The highest BCUT2D eigenvalue weighted by Gasteiger charge is 2.16. The van der Waals surface area contributed by atoms with Crippen molar-refractivity contribution in [3.05, 3.63) is 53.3 Å². The number of ether oxygens (including phenoxy) is 2. The van der Waals surface area contributed by atoms with Gasteiger partial charge >= 0.3 is 0 Å². The van der Waals surface area contributed by atoms with Crippen LogP contribution in [0.15, 0.2) is 36.7 Å². The van der Waals surface area contributed by atoms with Crippen molar-refractivity contribution >= 4 is 11.0 Å². The average molecular weight is 324 g/mol. The molecule has 1 N–H and O–H groups in total. The zero-order valence-corrected chi connectivity index (χ0v) is 13.8. The second-order valence-electron chi connectivity index (χ2n) is 6.24. The Morgan fingerprint density at radius 1 is 1.08 bits per heavy atom. The Morgan fingerprint density at radius 3 is 2.67 bits per heavy atom. The minimum absolute atomic E-state index is 0.443. The van der Waals surface area contributed by atoms with Crippen LogP contribution in [0.1, 0.15) is 22.8 Å². The van der Waals surface area contributed by atoms with Gasteiger partial charge in [-0.2, -0.15) is 0 Å². The lowest BCUT2D eigenvalue weighted by molar-refractivity contribution is 0.153. The van der Waals surface area contributed by atoms with Gasteiger partial charge in [0.15, 0.2) is 11.5 Å². The maximum atomic E-state index is 10.6. The van der Waals surface area contributed by atoms with Gasteiger partial charge in [-0.25, -0.2) is 4.98 Å². The number of aromatic nitrogens is 2. The van der Waals surface area contributed by atoms with Crippen molar-refractivity contribution in [1.82, 2.24) is 9.55 Å². The van der Waals surface area contributed by atoms with Gasteiger partial charge in [0.05, 0.1) is 30.0 Å². The number of imidazole rings is 1. The number of fused-ring (bicyclic) bond motifs is 2. The van der Waals surface area contributed by atoms with Crippen LogP contribution in [0, 0.1) is 13.8 Å². The normalized spacial score (nSPS) is 14.8. The average Bonchev–Trinajstić information content (AvgIpc) is 2.96. The lowest BCUT2D eigenvalue weighted by Crippen LogP contribution is -2.16. The number of hydrogen-bond donors (Lipinski definition) is 1. The van der Waals surface area contributed by atoms with Gasteiger partial charge in [0.1, 0.15) is 13.2 Å². The van der Waals surface area contributed by atoms with Crippen LogP contribution in [0.3, 0.4) is 0 Å². The molecule has 1 aromatic heterocycles. The summed E-state index contributed by atoms with van der Waals surface area (Å²) in [4.78, 5) is 4.44. The third kappa shape index (κ3) is 2.61. The standard InChI is InChI=1S/C19H20N2O3/c1-12-7-15-16(8-13(12)2)21(11-20-15)10-17(22)14-3-4-18-19(9-14)24-6-5-23-18/h3-4,7-9,11,17,22H,5-6,10H2,1-2H3/t17-/m1/s1. The summed E-state index contributed by atoms with van der Waals surface area (Å²) in [6.07, 6.45) is 1.14. The molecule has 0 saturated heterocycles. The van der Waals surface area contributed by atoms with E-state index in [-0.39, 0.29) is 0 Å². The third-order valence-electron chi connectivity index (χ3n) is 4.56. The van der Waals surface area contributed by atoms with E-state index in [1.807, 2.05) is 22.8 Å². The maximum absolute atomic E-state index is 10.6. The summed E-state index contributed by atoms with van der Waals surface area (Å²) in [6, 6.07) is 9.79. The predicted molar refractivity (Wildman–Crippen MR) is 91.6 cm³/mol. The van der Waals surface area contributed by atoms with Gasteiger partial charge < -0.3 is 19.1 Å². The van der Waals surface area contributed by atoms with E-state index in [1.165, 1.54) is 11.1 Å². The van der Waals surface area contributed by atoms with Gasteiger partial charge in [-0.1, -0.05) is 6.07 Å². The van der Waals surface area contributed by atoms with E-state index in [0.29, 0.717) is 25.5 Å². The van der Waals surface area contributed by atoms with E-state index in [2.05, 4.69) is 31.0 Å². The highest BCUT2D eigenvalue weighted by atomic mass is 16.6. The number of aryl methyl sites for hydroxylation is 2. The Morgan fingerprint density at radius 2 is 1.83 bits per heavy atom. The van der Waals surface area contributed by atoms with Crippen LogP contribution in [0.4, 0.5) is 0 Å². The van der Waals surface area contributed by atoms with E-state index >= 15 is 0 Å². The van der Waals surface area contributed by atoms with Gasteiger partial charge in [0.25, 0.3) is 0 Å². The molecule has 5 heteroatoms. The molecule has 0 radical (unpaired) electrons. The minimum atomic E-state index is -0.639. The molecule has 5 nitrogen and oxygen atoms in total. The van der Waals surface area contributed by atoms with Crippen LogP contribution < -0.4 is 9.47 Å². The number of aliphatic hydroxyl groups is 1. The zero-order chi connectivity index (χ0) is 16.7. The first-order valence-corrected chi connectivity index (χ1v) is 8.11. The molecule has 2 heterocycles. The second-order valence-corrected chi connectivity index (χ2v) is 6.24. The minimum Gasteiger partial charge on any atom is -0.486 e. The molecular weight excluding hydrogens is 304 g/mol. The number of rotatable bonds is 3. The van der Waals surface area contributed by atoms with Gasteiger partial charge in [-0.05, 0) is 54.8 Å². The molecule has 0 amide bonds. The number of nitrogens with zero attached hydrogens (tertiary/aromatic N) is 2.